The van der Waals surface area contributed by atoms with Crippen LogP contribution in [0.4, 0.5) is 0 Å². The van der Waals surface area contributed by atoms with Crippen LogP contribution in [-0.2, 0) is 0 Å². The molecule has 8 unspecified atom stereocenters. The Labute approximate surface area is 399 Å². The van der Waals surface area contributed by atoms with E-state index in [-0.39, 0.29) is 0 Å². The molecule has 0 aromatic heterocycles. The molecule has 0 bridgehead atoms. The summed E-state index contributed by atoms with van der Waals surface area (Å²) in [5.74, 6) is 4.34. The third-order valence-electron chi connectivity index (χ3n) is 16.9. The Bertz CT molecular complexity index is 2700. The summed E-state index contributed by atoms with van der Waals surface area (Å²) in [6.07, 6.45) is 62.3. The third-order valence-corrected chi connectivity index (χ3v) is 18.3. The van der Waals surface area contributed by atoms with Crippen molar-refractivity contribution in [1.29, 1.82) is 0 Å². The number of allylic oxidation sites excluding steroid dienone is 26. The minimum atomic E-state index is 0.376. The molecule has 1 aromatic rings. The summed E-state index contributed by atoms with van der Waals surface area (Å²) in [5.41, 5.74) is 20.0. The molecule has 10 aliphatic carbocycles. The monoisotopic (exact) mass is 882 g/mol. The van der Waals surface area contributed by atoms with Crippen LogP contribution in [0.15, 0.2) is 217 Å². The first kappa shape index (κ1) is 42.2. The standard InChI is InChI=1S/C63H66N2S/c1-41-50-21-12-22-54(56-24-13-23-55-52-19-10-11-25-59(52)66-62(55)56)61(50)58-38-57(51-18-8-9-20-53(51)60(41)58)48-32-28-43(29-33-48)40-65-63(49-36-34-47(35-37-49)45-16-6-3-7-17-45)64-39-42-26-30-46(31-27-42)44-14-4-2-5-15-44/h2-4,6,10-12,14,19,21-23,25-28,30,32-37,43,45-46,50,52,57,59,61H,1,5,7-9,13,15-18,20,24,29,31,38-40H2,(H,64,65). The zero-order valence-electron chi connectivity index (χ0n) is 38.8. The summed E-state index contributed by atoms with van der Waals surface area (Å²) in [4.78, 5) is 7.00. The fourth-order valence-corrected chi connectivity index (χ4v) is 14.9. The Morgan fingerprint density at radius 2 is 1.64 bits per heavy atom. The number of thioether (sulfide) groups is 1. The van der Waals surface area contributed by atoms with Crippen molar-refractivity contribution in [2.24, 2.45) is 40.5 Å². The average Bonchev–Trinajstić information content (AvgIpc) is 3.92. The van der Waals surface area contributed by atoms with Gasteiger partial charge in [-0.15, -0.1) is 11.8 Å². The molecule has 66 heavy (non-hydrogen) atoms. The Balaban J connectivity index is 0.777. The molecule has 0 saturated carbocycles. The molecule has 0 spiro atoms. The first-order chi connectivity index (χ1) is 32.6. The first-order valence-electron chi connectivity index (χ1n) is 25.8. The number of benzene rings is 1. The first-order valence-corrected chi connectivity index (χ1v) is 26.7. The van der Waals surface area contributed by atoms with E-state index < -0.39 is 0 Å². The van der Waals surface area contributed by atoms with Gasteiger partial charge in [-0.3, -0.25) is 4.99 Å². The normalized spacial score (nSPS) is 32.0. The molecule has 334 valence electrons. The predicted octanol–water partition coefficient (Wildman–Crippen LogP) is 15.4. The predicted molar refractivity (Wildman–Crippen MR) is 280 cm³/mol. The minimum absolute atomic E-state index is 0.376. The molecule has 1 fully saturated rings. The number of aliphatic imine (C=N–C) groups is 1. The fourth-order valence-electron chi connectivity index (χ4n) is 13.4. The van der Waals surface area contributed by atoms with E-state index in [2.05, 4.69) is 157 Å². The van der Waals surface area contributed by atoms with Crippen LogP contribution in [0.3, 0.4) is 0 Å². The Kier molecular flexibility index (Phi) is 11.9. The molecule has 1 aliphatic heterocycles. The average molecular weight is 883 g/mol. The molecule has 1 saturated heterocycles. The number of nitrogens with zero attached hydrogens (tertiary/aromatic N) is 1. The Morgan fingerprint density at radius 3 is 2.47 bits per heavy atom. The van der Waals surface area contributed by atoms with Gasteiger partial charge in [0, 0.05) is 64.3 Å². The largest absolute Gasteiger partial charge is 0.366 e. The number of fused-ring (bicyclic) bond motifs is 6. The molecule has 0 amide bonds. The summed E-state index contributed by atoms with van der Waals surface area (Å²) < 4.78 is 0. The molecule has 0 radical (unpaired) electrons. The molecule has 1 aromatic carbocycles. The van der Waals surface area contributed by atoms with E-state index in [0.717, 1.165) is 57.5 Å². The van der Waals surface area contributed by atoms with Crippen LogP contribution in [0.5, 0.6) is 0 Å². The highest BCUT2D eigenvalue weighted by Gasteiger charge is 2.47. The summed E-state index contributed by atoms with van der Waals surface area (Å²) in [5, 5.41) is 4.38. The van der Waals surface area contributed by atoms with Crippen molar-refractivity contribution < 1.29 is 0 Å². The fraction of sp³-hybridized carbons (Fsp3) is 0.381. The topological polar surface area (TPSA) is 24.4 Å². The second kappa shape index (κ2) is 18.5. The van der Waals surface area contributed by atoms with Crippen LogP contribution < -0.4 is 5.32 Å². The van der Waals surface area contributed by atoms with Crippen molar-refractivity contribution >= 4 is 17.6 Å². The Morgan fingerprint density at radius 1 is 0.727 bits per heavy atom. The number of hydrogen-bond acceptors (Lipinski definition) is 2. The van der Waals surface area contributed by atoms with Crippen LogP contribution in [0.1, 0.15) is 107 Å². The number of nitrogens with one attached hydrogen (secondary N) is 1. The summed E-state index contributed by atoms with van der Waals surface area (Å²) >= 11 is 2.13. The highest BCUT2D eigenvalue weighted by Crippen LogP contribution is 2.61. The third kappa shape index (κ3) is 8.01. The highest BCUT2D eigenvalue weighted by molar-refractivity contribution is 8.04. The molecule has 8 atom stereocenters. The van der Waals surface area contributed by atoms with Crippen molar-refractivity contribution in [2.45, 2.75) is 101 Å². The lowest BCUT2D eigenvalue weighted by molar-refractivity contribution is 0.530. The molecule has 12 rings (SSSR count). The van der Waals surface area contributed by atoms with Crippen LogP contribution in [0, 0.1) is 35.5 Å². The second-order valence-corrected chi connectivity index (χ2v) is 21.9. The molecule has 3 heteroatoms. The van der Waals surface area contributed by atoms with Gasteiger partial charge in [0.05, 0.1) is 0 Å². The second-order valence-electron chi connectivity index (χ2n) is 20.7. The Hall–Kier alpha value is -5.12. The number of hydrogen-bond donors (Lipinski definition) is 1. The van der Waals surface area contributed by atoms with E-state index >= 15 is 0 Å². The van der Waals surface area contributed by atoms with E-state index in [1.807, 2.05) is 0 Å². The van der Waals surface area contributed by atoms with Crippen molar-refractivity contribution in [3.05, 3.63) is 224 Å². The van der Waals surface area contributed by atoms with E-state index in [1.165, 1.54) is 73.6 Å². The van der Waals surface area contributed by atoms with E-state index in [9.17, 15) is 0 Å². The zero-order valence-corrected chi connectivity index (χ0v) is 39.6. The quantitative estimate of drug-likeness (QED) is 0.152. The summed E-state index contributed by atoms with van der Waals surface area (Å²) in [7, 11) is 0. The van der Waals surface area contributed by atoms with Crippen LogP contribution in [-0.4, -0.2) is 24.2 Å². The maximum Gasteiger partial charge on any atom is 0.128 e. The molecule has 1 N–H and O–H groups in total. The minimum Gasteiger partial charge on any atom is -0.366 e. The summed E-state index contributed by atoms with van der Waals surface area (Å²) in [6.45, 7) is 6.51. The lowest BCUT2D eigenvalue weighted by Crippen LogP contribution is -2.28. The van der Waals surface area contributed by atoms with E-state index in [0.29, 0.717) is 46.7 Å². The van der Waals surface area contributed by atoms with Gasteiger partial charge in [-0.25, -0.2) is 0 Å². The van der Waals surface area contributed by atoms with Gasteiger partial charge in [0.25, 0.3) is 0 Å². The molecular formula is C63H66N2S. The van der Waals surface area contributed by atoms with Crippen LogP contribution in [0.2, 0.25) is 0 Å². The van der Waals surface area contributed by atoms with Gasteiger partial charge in [0.15, 0.2) is 0 Å². The maximum atomic E-state index is 5.42. The smallest absolute Gasteiger partial charge is 0.128 e. The molecule has 1 heterocycles. The number of rotatable bonds is 9. The van der Waals surface area contributed by atoms with Gasteiger partial charge in [0.2, 0.25) is 0 Å². The SMILES string of the molecule is C=C1C2=C(CC(C3=CCC(C/N=C(\NCC4=CCC(C5=CC=CCC5)C=C4)c4ccc(C5CC=CCC5)cc4)C=C3)C3=C2CCCC3)C2C(C3=C4SC5C=CC=CC5C4=CCC3)=CC=CC12. The van der Waals surface area contributed by atoms with Gasteiger partial charge in [0.1, 0.15) is 5.84 Å². The summed E-state index contributed by atoms with van der Waals surface area (Å²) in [6, 6.07) is 9.36. The van der Waals surface area contributed by atoms with Gasteiger partial charge in [-0.2, -0.15) is 0 Å². The van der Waals surface area contributed by atoms with E-state index in [4.69, 9.17) is 11.6 Å². The molecule has 2 nitrogen and oxygen atoms in total. The van der Waals surface area contributed by atoms with Crippen molar-refractivity contribution in [1.82, 2.24) is 5.32 Å². The van der Waals surface area contributed by atoms with Gasteiger partial charge >= 0.3 is 0 Å². The maximum absolute atomic E-state index is 5.42. The molecule has 11 aliphatic rings. The van der Waals surface area contributed by atoms with Gasteiger partial charge in [-0.05, 0) is 146 Å². The van der Waals surface area contributed by atoms with Crippen LogP contribution >= 0.6 is 11.8 Å². The van der Waals surface area contributed by atoms with E-state index in [1.54, 1.807) is 55.1 Å². The lowest BCUT2D eigenvalue weighted by Gasteiger charge is -2.37. The van der Waals surface area contributed by atoms with Crippen molar-refractivity contribution in [3.63, 3.8) is 0 Å². The highest BCUT2D eigenvalue weighted by atomic mass is 32.2. The lowest BCUT2D eigenvalue weighted by atomic mass is 9.67. The zero-order chi connectivity index (χ0) is 44.0. The molecular weight excluding hydrogens is 817 g/mol. The number of amidine groups is 1. The van der Waals surface area contributed by atoms with Crippen LogP contribution in [0.25, 0.3) is 0 Å². The van der Waals surface area contributed by atoms with Crippen molar-refractivity contribution in [2.75, 3.05) is 13.1 Å². The van der Waals surface area contributed by atoms with Crippen molar-refractivity contribution in [3.8, 4) is 0 Å². The van der Waals surface area contributed by atoms with Gasteiger partial charge < -0.3 is 5.32 Å². The van der Waals surface area contributed by atoms with Gasteiger partial charge in [-0.1, -0.05) is 163 Å².